The highest BCUT2D eigenvalue weighted by Gasteiger charge is 2.51. The molecule has 2 heterocycles. The van der Waals surface area contributed by atoms with E-state index in [0.29, 0.717) is 4.90 Å². The zero-order valence-electron chi connectivity index (χ0n) is 66.9. The molecule has 2 aliphatic carbocycles. The Labute approximate surface area is 418 Å². The fourth-order valence-electron chi connectivity index (χ4n) is 8.61. The normalized spacial score (nSPS) is 22.3. The van der Waals surface area contributed by atoms with Gasteiger partial charge in [-0.15, -0.1) is 0 Å². The lowest BCUT2D eigenvalue weighted by atomic mass is 9.70. The van der Waals surface area contributed by atoms with Crippen LogP contribution in [0.3, 0.4) is 0 Å². The smallest absolute Gasteiger partial charge is 0.143 e. The van der Waals surface area contributed by atoms with Crippen molar-refractivity contribution < 1.29 is 56.8 Å². The number of rotatable bonds is 5. The van der Waals surface area contributed by atoms with Crippen LogP contribution in [-0.4, -0.2) is 0 Å². The zero-order valence-corrected chi connectivity index (χ0v) is 31.9. The van der Waals surface area contributed by atoms with E-state index in [1.165, 1.54) is 0 Å². The number of para-hydroxylation sites is 4. The molecule has 0 fully saturated rings. The first-order valence-corrected chi connectivity index (χ1v) is 19.1. The molecule has 0 N–H and O–H groups in total. The minimum absolute atomic E-state index is 0.373. The quantitative estimate of drug-likeness (QED) is 0.173. The van der Waals surface area contributed by atoms with E-state index in [9.17, 15) is 24.7 Å². The van der Waals surface area contributed by atoms with Crippen molar-refractivity contribution >= 4 is 60.9 Å². The number of fused-ring (bicyclic) bond motifs is 16. The first-order chi connectivity index (χ1) is 46.3. The third kappa shape index (κ3) is 4.81. The lowest BCUT2D eigenvalue weighted by molar-refractivity contribution is 0.669. The highest BCUT2D eigenvalue weighted by Crippen LogP contribution is 2.63. The molecule has 12 aromatic rings. The van der Waals surface area contributed by atoms with Gasteiger partial charge in [-0.25, -0.2) is 0 Å². The monoisotopic (exact) mass is 851 g/mol. The van der Waals surface area contributed by atoms with Gasteiger partial charge in [0.25, 0.3) is 0 Å². The molecule has 10 aromatic carbocycles. The third-order valence-electron chi connectivity index (χ3n) is 11.3. The molecule has 0 radical (unpaired) electrons. The van der Waals surface area contributed by atoms with Crippen LogP contribution in [0.1, 0.15) is 70.2 Å². The number of furan rings is 2. The van der Waals surface area contributed by atoms with Gasteiger partial charge >= 0.3 is 0 Å². The summed E-state index contributed by atoms with van der Waals surface area (Å²) in [6.07, 6.45) is 0. The van der Waals surface area contributed by atoms with Gasteiger partial charge in [0.1, 0.15) is 22.3 Å². The molecule has 0 bridgehead atoms. The Morgan fingerprint density at radius 3 is 1.47 bits per heavy atom. The van der Waals surface area contributed by atoms with Crippen LogP contribution in [-0.2, 0) is 5.41 Å². The third-order valence-corrected chi connectivity index (χ3v) is 11.3. The van der Waals surface area contributed by atoms with E-state index in [1.807, 2.05) is 0 Å². The summed E-state index contributed by atoms with van der Waals surface area (Å²) in [5, 5.41) is -1.93. The topological polar surface area (TPSA) is 29.5 Å². The molecule has 0 aliphatic heterocycles. The molecule has 3 heteroatoms. The Kier molecular flexibility index (Phi) is 3.21. The largest absolute Gasteiger partial charge is 0.455 e. The van der Waals surface area contributed by atoms with Crippen LogP contribution < -0.4 is 4.90 Å². The van der Waals surface area contributed by atoms with Crippen LogP contribution >= 0.6 is 0 Å². The molecule has 0 saturated heterocycles. The van der Waals surface area contributed by atoms with Gasteiger partial charge in [-0.05, 0) is 104 Å². The van der Waals surface area contributed by atoms with Crippen molar-refractivity contribution in [2.24, 2.45) is 0 Å². The lowest BCUT2D eigenvalue weighted by Gasteiger charge is -2.32. The Morgan fingerprint density at radius 1 is 0.344 bits per heavy atom. The molecule has 298 valence electrons. The summed E-state index contributed by atoms with van der Waals surface area (Å²) in [5.74, 6) is 0. The Balaban J connectivity index is 1.17. The summed E-state index contributed by atoms with van der Waals surface area (Å²) in [5.41, 5.74) is -17.7. The molecular weight excluding hydrogens is 779 g/mol. The fourth-order valence-corrected chi connectivity index (χ4v) is 8.61. The van der Waals surface area contributed by atoms with Gasteiger partial charge in [0.05, 0.1) is 53.4 Å². The summed E-state index contributed by atoms with van der Waals surface area (Å²) in [7, 11) is 0. The second kappa shape index (κ2) is 13.3. The Morgan fingerprint density at radius 2 is 0.812 bits per heavy atom. The first-order valence-electron chi connectivity index (χ1n) is 36.6. The van der Waals surface area contributed by atoms with Crippen molar-refractivity contribution in [1.29, 1.82) is 0 Å². The van der Waals surface area contributed by atoms with E-state index in [2.05, 4.69) is 0 Å². The fraction of sp³-hybridized carbons (Fsp3) is 0.0164. The molecule has 0 amide bonds. The predicted molar refractivity (Wildman–Crippen MR) is 263 cm³/mol. The highest BCUT2D eigenvalue weighted by atomic mass is 16.3. The van der Waals surface area contributed by atoms with Crippen molar-refractivity contribution in [2.75, 3.05) is 4.90 Å². The van der Waals surface area contributed by atoms with E-state index in [-0.39, 0.29) is 0 Å². The maximum Gasteiger partial charge on any atom is 0.143 e. The van der Waals surface area contributed by atoms with Crippen LogP contribution in [0.2, 0.25) is 0 Å². The van der Waals surface area contributed by atoms with Crippen molar-refractivity contribution in [3.05, 3.63) is 246 Å². The second-order valence-electron chi connectivity index (χ2n) is 14.4. The second-order valence-corrected chi connectivity index (χ2v) is 14.4. The van der Waals surface area contributed by atoms with E-state index in [1.54, 1.807) is 0 Å². The molecule has 2 aromatic heterocycles. The van der Waals surface area contributed by atoms with E-state index >= 15 is 0 Å². The van der Waals surface area contributed by atoms with Gasteiger partial charge < -0.3 is 13.7 Å². The molecule has 1 spiro atoms. The van der Waals surface area contributed by atoms with Gasteiger partial charge in [-0.3, -0.25) is 0 Å². The summed E-state index contributed by atoms with van der Waals surface area (Å²) in [4.78, 5) is 0.373. The van der Waals surface area contributed by atoms with Gasteiger partial charge in [0.2, 0.25) is 0 Å². The van der Waals surface area contributed by atoms with Crippen LogP contribution in [0.15, 0.2) is 232 Å². The SMILES string of the molecule is [2H]c1cc([2H])c2c(c1[2H])C1(c3c([2H])c([2H])c([2H])c([2H])c3-2)c2c([2H])c([2H])c([2H])c([2H])c2-c2c([2H])c([2H])c(N(c3c([2H])cc(-c4c([2H])c([2H])c([2H])c5c4oc4c([2H])c([2H])c([2H])c([2H])c45)c([2H])c3[2H])c3c([2H])c([2H])c(-c4c([2H])c([2H])c([2H])c5c4oc4c([2H])c([2H])c([2H])c([2H])c45)c([2H])c3[2H])c([2H])c21. The lowest BCUT2D eigenvalue weighted by Crippen LogP contribution is -2.26. The standard InChI is InChI=1S/C61H37NO2/c1-6-22-53-45(13-1)46-14-2-7-23-54(46)61(53)55-24-8-3-15-47(55)48-36-35-42(37-56(48)61)62(40-31-27-38(28-32-40)43-18-11-20-51-49-16-4-9-25-57(49)63-59(43)51)41-33-29-39(30-34-41)44-19-12-21-52-50-17-5-10-26-58(50)64-60(44)52/h1-37H/i1D,3D,4D,5D,6D,7D,8D,9D,10D,11D,12D,13D,14D,15D,16D,17D,18D,19D,20D,21D,22D,23D,24D,25D,26D,27D,28D,29D,31D,32D,33D,34D,35D,36D,37D. The Hall–Kier alpha value is -8.40. The van der Waals surface area contributed by atoms with Crippen molar-refractivity contribution in [1.82, 2.24) is 0 Å². The van der Waals surface area contributed by atoms with Gasteiger partial charge in [0, 0.05) is 49.7 Å². The number of benzene rings is 10. The highest BCUT2D eigenvalue weighted by molar-refractivity contribution is 6.11. The number of nitrogens with zero attached hydrogens (tertiary/aromatic N) is 1. The van der Waals surface area contributed by atoms with Gasteiger partial charge in [-0.1, -0.05) is 175 Å². The molecule has 1 atom stereocenters. The minimum atomic E-state index is -2.98. The Bertz CT molecular complexity index is 5920. The van der Waals surface area contributed by atoms with Crippen LogP contribution in [0.5, 0.6) is 0 Å². The summed E-state index contributed by atoms with van der Waals surface area (Å²) in [6, 6.07) is -32.9. The van der Waals surface area contributed by atoms with E-state index < -0.39 is 345 Å². The van der Waals surface area contributed by atoms with Gasteiger partial charge in [-0.2, -0.15) is 0 Å². The molecule has 64 heavy (non-hydrogen) atoms. The number of anilines is 3. The molecule has 0 saturated carbocycles. The summed E-state index contributed by atoms with van der Waals surface area (Å²) >= 11 is 0. The van der Waals surface area contributed by atoms with Crippen LogP contribution in [0.25, 0.3) is 88.4 Å². The molecule has 2 aliphatic rings. The predicted octanol–water partition coefficient (Wildman–Crippen LogP) is 16.6. The average molecular weight is 851 g/mol. The van der Waals surface area contributed by atoms with Crippen molar-refractivity contribution in [3.63, 3.8) is 0 Å². The molecular formula is C61H37NO2. The minimum Gasteiger partial charge on any atom is -0.455 e. The summed E-state index contributed by atoms with van der Waals surface area (Å²) < 4.78 is 338. The van der Waals surface area contributed by atoms with Crippen molar-refractivity contribution in [3.8, 4) is 44.5 Å². The van der Waals surface area contributed by atoms with Crippen LogP contribution in [0, 0.1) is 0 Å². The number of hydrogen-bond donors (Lipinski definition) is 0. The van der Waals surface area contributed by atoms with E-state index in [0.717, 1.165) is 12.1 Å². The van der Waals surface area contributed by atoms with E-state index in [4.69, 9.17) is 32.1 Å². The first kappa shape index (κ1) is 15.4. The maximum atomic E-state index is 10.8. The van der Waals surface area contributed by atoms with Crippen molar-refractivity contribution in [2.45, 2.75) is 5.41 Å². The zero-order chi connectivity index (χ0) is 72.4. The summed E-state index contributed by atoms with van der Waals surface area (Å²) in [6.45, 7) is 0. The maximum absolute atomic E-state index is 10.8. The van der Waals surface area contributed by atoms with Crippen LogP contribution in [0.4, 0.5) is 17.1 Å². The number of hydrogen-bond acceptors (Lipinski definition) is 3. The molecule has 14 rings (SSSR count). The van der Waals surface area contributed by atoms with Gasteiger partial charge in [0.15, 0.2) is 0 Å². The molecule has 1 unspecified atom stereocenters. The average Bonchev–Trinajstić information content (AvgIpc) is 1.48. The molecule has 3 nitrogen and oxygen atoms in total.